The summed E-state index contributed by atoms with van der Waals surface area (Å²) >= 11 is 0. The molecule has 27 heavy (non-hydrogen) atoms. The average molecular weight is 375 g/mol. The molecule has 0 spiro atoms. The van der Waals surface area contributed by atoms with Crippen molar-refractivity contribution in [2.75, 3.05) is 19.8 Å². The van der Waals surface area contributed by atoms with Gasteiger partial charge >= 0.3 is 5.97 Å². The number of nitrogens with one attached hydrogen (secondary N) is 1. The SMILES string of the molecule is O=C(O)CCC(=O)NCCc1ccccc1OCCOc1ccc(F)cc1. The van der Waals surface area contributed by atoms with E-state index in [1.54, 1.807) is 12.1 Å². The first kappa shape index (κ1) is 20.2. The number of rotatable bonds is 11. The van der Waals surface area contributed by atoms with Crippen molar-refractivity contribution in [1.82, 2.24) is 5.32 Å². The van der Waals surface area contributed by atoms with Crippen LogP contribution in [0.1, 0.15) is 18.4 Å². The number of carboxylic acids is 1. The fourth-order valence-electron chi connectivity index (χ4n) is 2.34. The number of hydrogen-bond acceptors (Lipinski definition) is 4. The number of carboxylic acid groups (broad SMARTS) is 1. The second kappa shape index (κ2) is 10.8. The number of halogens is 1. The summed E-state index contributed by atoms with van der Waals surface area (Å²) in [6.07, 6.45) is 0.349. The highest BCUT2D eigenvalue weighted by Crippen LogP contribution is 2.18. The third-order valence-corrected chi connectivity index (χ3v) is 3.68. The molecule has 7 heteroatoms. The molecule has 0 atom stereocenters. The van der Waals surface area contributed by atoms with E-state index in [0.717, 1.165) is 5.56 Å². The van der Waals surface area contributed by atoms with Crippen molar-refractivity contribution in [3.05, 3.63) is 59.9 Å². The highest BCUT2D eigenvalue weighted by molar-refractivity contribution is 5.80. The molecule has 0 heterocycles. The van der Waals surface area contributed by atoms with Gasteiger partial charge in [-0.15, -0.1) is 0 Å². The van der Waals surface area contributed by atoms with Gasteiger partial charge in [0.15, 0.2) is 0 Å². The lowest BCUT2D eigenvalue weighted by atomic mass is 10.1. The summed E-state index contributed by atoms with van der Waals surface area (Å²) in [5.41, 5.74) is 0.929. The van der Waals surface area contributed by atoms with E-state index in [1.165, 1.54) is 12.1 Å². The van der Waals surface area contributed by atoms with Crippen LogP contribution in [0.3, 0.4) is 0 Å². The number of carbonyl (C=O) groups excluding carboxylic acids is 1. The van der Waals surface area contributed by atoms with E-state index >= 15 is 0 Å². The molecule has 0 aliphatic rings. The minimum absolute atomic E-state index is 0.0335. The monoisotopic (exact) mass is 375 g/mol. The number of amides is 1. The molecule has 2 N–H and O–H groups in total. The zero-order chi connectivity index (χ0) is 19.5. The molecule has 0 unspecified atom stereocenters. The maximum Gasteiger partial charge on any atom is 0.303 e. The summed E-state index contributed by atoms with van der Waals surface area (Å²) in [6, 6.07) is 13.2. The summed E-state index contributed by atoms with van der Waals surface area (Å²) in [7, 11) is 0. The number of benzene rings is 2. The predicted octanol–water partition coefficient (Wildman–Crippen LogP) is 2.81. The van der Waals surface area contributed by atoms with Crippen molar-refractivity contribution in [2.24, 2.45) is 0 Å². The molecular weight excluding hydrogens is 353 g/mol. The van der Waals surface area contributed by atoms with E-state index in [0.29, 0.717) is 37.7 Å². The predicted molar refractivity (Wildman–Crippen MR) is 97.4 cm³/mol. The largest absolute Gasteiger partial charge is 0.490 e. The van der Waals surface area contributed by atoms with E-state index < -0.39 is 5.97 Å². The van der Waals surface area contributed by atoms with Gasteiger partial charge in [0.1, 0.15) is 30.5 Å². The Morgan fingerprint density at radius 2 is 1.67 bits per heavy atom. The van der Waals surface area contributed by atoms with Crippen LogP contribution in [0.2, 0.25) is 0 Å². The van der Waals surface area contributed by atoms with Crippen LogP contribution < -0.4 is 14.8 Å². The third kappa shape index (κ3) is 7.77. The Bertz CT molecular complexity index is 748. The Balaban J connectivity index is 1.73. The van der Waals surface area contributed by atoms with Gasteiger partial charge in [-0.3, -0.25) is 9.59 Å². The maximum atomic E-state index is 12.8. The Labute approximate surface area is 156 Å². The van der Waals surface area contributed by atoms with Gasteiger partial charge in [0, 0.05) is 13.0 Å². The molecular formula is C20H22FNO5. The van der Waals surface area contributed by atoms with Crippen LogP contribution in [0.5, 0.6) is 11.5 Å². The van der Waals surface area contributed by atoms with Gasteiger partial charge in [-0.25, -0.2) is 4.39 Å². The Morgan fingerprint density at radius 1 is 0.963 bits per heavy atom. The van der Waals surface area contributed by atoms with Gasteiger partial charge < -0.3 is 19.9 Å². The molecule has 2 aromatic rings. The first-order valence-electron chi connectivity index (χ1n) is 8.62. The summed E-state index contributed by atoms with van der Waals surface area (Å²) in [6.45, 7) is 1.02. The van der Waals surface area contributed by atoms with Crippen LogP contribution in [0.25, 0.3) is 0 Å². The van der Waals surface area contributed by atoms with Crippen LogP contribution in [-0.4, -0.2) is 36.7 Å². The molecule has 0 bridgehead atoms. The Morgan fingerprint density at radius 3 is 2.41 bits per heavy atom. The summed E-state index contributed by atoms with van der Waals surface area (Å²) in [5.74, 6) is -0.338. The fraction of sp³-hybridized carbons (Fsp3) is 0.300. The van der Waals surface area contributed by atoms with Crippen LogP contribution in [0, 0.1) is 5.82 Å². The van der Waals surface area contributed by atoms with Crippen molar-refractivity contribution in [2.45, 2.75) is 19.3 Å². The first-order valence-corrected chi connectivity index (χ1v) is 8.62. The first-order chi connectivity index (χ1) is 13.0. The number of para-hydroxylation sites is 1. The molecule has 0 aliphatic heterocycles. The summed E-state index contributed by atoms with van der Waals surface area (Å²) in [4.78, 5) is 22.0. The van der Waals surface area contributed by atoms with Crippen molar-refractivity contribution >= 4 is 11.9 Å². The van der Waals surface area contributed by atoms with E-state index in [-0.39, 0.29) is 24.6 Å². The van der Waals surface area contributed by atoms with E-state index in [1.807, 2.05) is 24.3 Å². The number of aliphatic carboxylic acids is 1. The molecule has 2 rings (SSSR count). The van der Waals surface area contributed by atoms with Crippen molar-refractivity contribution in [3.8, 4) is 11.5 Å². The van der Waals surface area contributed by atoms with Gasteiger partial charge in [-0.2, -0.15) is 0 Å². The fourth-order valence-corrected chi connectivity index (χ4v) is 2.34. The van der Waals surface area contributed by atoms with Crippen molar-refractivity contribution in [1.29, 1.82) is 0 Å². The molecule has 6 nitrogen and oxygen atoms in total. The third-order valence-electron chi connectivity index (χ3n) is 3.68. The molecule has 0 radical (unpaired) electrons. The molecule has 0 saturated heterocycles. The average Bonchev–Trinajstić information content (AvgIpc) is 2.66. The van der Waals surface area contributed by atoms with Crippen LogP contribution >= 0.6 is 0 Å². The zero-order valence-corrected chi connectivity index (χ0v) is 14.8. The lowest BCUT2D eigenvalue weighted by molar-refractivity contribution is -0.138. The summed E-state index contributed by atoms with van der Waals surface area (Å²) in [5, 5.41) is 11.3. The normalized spacial score (nSPS) is 10.3. The van der Waals surface area contributed by atoms with Crippen LogP contribution in [0.15, 0.2) is 48.5 Å². The molecule has 2 aromatic carbocycles. The van der Waals surface area contributed by atoms with Crippen LogP contribution in [-0.2, 0) is 16.0 Å². The molecule has 144 valence electrons. The smallest absolute Gasteiger partial charge is 0.303 e. The minimum atomic E-state index is -0.994. The van der Waals surface area contributed by atoms with Gasteiger partial charge in [-0.05, 0) is 42.3 Å². The number of carbonyl (C=O) groups is 2. The molecule has 0 aliphatic carbocycles. The Hall–Kier alpha value is -3.09. The molecule has 0 saturated carbocycles. The topological polar surface area (TPSA) is 84.9 Å². The van der Waals surface area contributed by atoms with Gasteiger partial charge in [-0.1, -0.05) is 18.2 Å². The summed E-state index contributed by atoms with van der Waals surface area (Å²) < 4.78 is 24.1. The van der Waals surface area contributed by atoms with Crippen molar-refractivity contribution < 1.29 is 28.6 Å². The molecule has 0 aromatic heterocycles. The number of hydrogen-bond donors (Lipinski definition) is 2. The standard InChI is InChI=1S/C20H22FNO5/c21-16-5-7-17(8-6-16)26-13-14-27-18-4-2-1-3-15(18)11-12-22-19(23)9-10-20(24)25/h1-8H,9-14H2,(H,22,23)(H,24,25). The molecule has 1 amide bonds. The highest BCUT2D eigenvalue weighted by atomic mass is 19.1. The van der Waals surface area contributed by atoms with Crippen molar-refractivity contribution in [3.63, 3.8) is 0 Å². The van der Waals surface area contributed by atoms with Gasteiger partial charge in [0.2, 0.25) is 5.91 Å². The molecule has 0 fully saturated rings. The maximum absolute atomic E-state index is 12.8. The lowest BCUT2D eigenvalue weighted by Gasteiger charge is -2.12. The zero-order valence-electron chi connectivity index (χ0n) is 14.8. The number of ether oxygens (including phenoxy) is 2. The van der Waals surface area contributed by atoms with Gasteiger partial charge in [0.25, 0.3) is 0 Å². The minimum Gasteiger partial charge on any atom is -0.490 e. The Kier molecular flexibility index (Phi) is 8.09. The van der Waals surface area contributed by atoms with Gasteiger partial charge in [0.05, 0.1) is 6.42 Å². The van der Waals surface area contributed by atoms with Crippen LogP contribution in [0.4, 0.5) is 4.39 Å². The second-order valence-corrected chi connectivity index (χ2v) is 5.75. The highest BCUT2D eigenvalue weighted by Gasteiger charge is 2.07. The van der Waals surface area contributed by atoms with E-state index in [4.69, 9.17) is 14.6 Å². The second-order valence-electron chi connectivity index (χ2n) is 5.75. The quantitative estimate of drug-likeness (QED) is 0.590. The lowest BCUT2D eigenvalue weighted by Crippen LogP contribution is -2.26. The van der Waals surface area contributed by atoms with E-state index in [2.05, 4.69) is 5.32 Å². The van der Waals surface area contributed by atoms with E-state index in [9.17, 15) is 14.0 Å².